The molecule has 11 amide bonds. The van der Waals surface area contributed by atoms with Crippen molar-refractivity contribution in [1.82, 2.24) is 55.6 Å². The molecule has 1 heterocycles. The van der Waals surface area contributed by atoms with Gasteiger partial charge in [-0.05, 0) is 107 Å². The van der Waals surface area contributed by atoms with Crippen molar-refractivity contribution in [2.45, 2.75) is 224 Å². The van der Waals surface area contributed by atoms with Crippen LogP contribution < -0.4 is 21.3 Å². The Morgan fingerprint density at radius 1 is 0.435 bits per heavy atom. The van der Waals surface area contributed by atoms with E-state index in [9.17, 15) is 43.2 Å². The zero-order chi connectivity index (χ0) is 66.0. The molecule has 486 valence electrons. The van der Waals surface area contributed by atoms with Crippen molar-refractivity contribution in [2.75, 3.05) is 55.9 Å². The van der Waals surface area contributed by atoms with Gasteiger partial charge in [0.05, 0.1) is 6.54 Å². The molecule has 22 heteroatoms. The summed E-state index contributed by atoms with van der Waals surface area (Å²) in [5, 5.41) is 11.2. The molecule has 1 fully saturated rings. The Hall–Kier alpha value is -6.09. The van der Waals surface area contributed by atoms with Crippen LogP contribution in [0.5, 0.6) is 0 Å². The molecule has 4 N–H and O–H groups in total. The zero-order valence-electron chi connectivity index (χ0n) is 56.6. The van der Waals surface area contributed by atoms with Crippen LogP contribution in [-0.2, 0) is 52.7 Å². The van der Waals surface area contributed by atoms with Crippen molar-refractivity contribution in [1.29, 1.82) is 0 Å². The van der Waals surface area contributed by atoms with Gasteiger partial charge in [0.1, 0.15) is 60.4 Å². The van der Waals surface area contributed by atoms with Gasteiger partial charge < -0.3 is 55.6 Å². The smallest absolute Gasteiger partial charge is 0.246 e. The normalized spacial score (nSPS) is 26.9. The Balaban J connectivity index is 4.32. The number of carbonyl (C=O) groups excluding carboxylic acids is 11. The molecule has 0 saturated carbocycles. The third kappa shape index (κ3) is 21.7. The van der Waals surface area contributed by atoms with E-state index in [1.165, 1.54) is 97.5 Å². The lowest BCUT2D eigenvalue weighted by Crippen LogP contribution is -2.62. The summed E-state index contributed by atoms with van der Waals surface area (Å²) in [6.45, 7) is 32.0. The lowest BCUT2D eigenvalue weighted by molar-refractivity contribution is -0.156. The maximum Gasteiger partial charge on any atom is 0.246 e. The lowest BCUT2D eigenvalue weighted by atomic mass is 9.84. The minimum absolute atomic E-state index is 0.105. The van der Waals surface area contributed by atoms with E-state index in [2.05, 4.69) is 21.3 Å². The molecule has 85 heavy (non-hydrogen) atoms. The first-order valence-corrected chi connectivity index (χ1v) is 30.9. The average molecular weight is 1200 g/mol. The minimum atomic E-state index is -1.21. The van der Waals surface area contributed by atoms with E-state index in [0.29, 0.717) is 6.42 Å². The molecule has 0 bridgehead atoms. The number of nitrogens with zero attached hydrogens (tertiary/aromatic N) is 7. The van der Waals surface area contributed by atoms with Crippen LogP contribution in [0.4, 0.5) is 0 Å². The summed E-state index contributed by atoms with van der Waals surface area (Å²) in [5.41, 5.74) is 0. The molecule has 0 spiro atoms. The van der Waals surface area contributed by atoms with Crippen molar-refractivity contribution in [3.8, 4) is 0 Å². The first-order valence-electron chi connectivity index (χ1n) is 30.9. The molecule has 0 aromatic heterocycles. The highest BCUT2D eigenvalue weighted by atomic mass is 16.2. The molecule has 1 aliphatic rings. The van der Waals surface area contributed by atoms with E-state index in [1.54, 1.807) is 34.6 Å². The number of allylic oxidation sites excluding steroid dienone is 2. The molecule has 12 atom stereocenters. The van der Waals surface area contributed by atoms with E-state index < -0.39 is 150 Å². The third-order valence-corrected chi connectivity index (χ3v) is 16.6. The Morgan fingerprint density at radius 2 is 0.847 bits per heavy atom. The van der Waals surface area contributed by atoms with Crippen LogP contribution in [0.1, 0.15) is 163 Å². The number of amides is 11. The van der Waals surface area contributed by atoms with E-state index in [1.807, 2.05) is 88.3 Å². The van der Waals surface area contributed by atoms with Crippen LogP contribution in [-0.4, -0.2) is 216 Å². The summed E-state index contributed by atoms with van der Waals surface area (Å²) in [5.74, 6) is -8.87. The fourth-order valence-electron chi connectivity index (χ4n) is 11.0. The summed E-state index contributed by atoms with van der Waals surface area (Å²) >= 11 is 0. The second kappa shape index (κ2) is 34.9. The molecule has 12 unspecified atom stereocenters. The predicted octanol–water partition coefficient (Wildman–Crippen LogP) is 4.54. The van der Waals surface area contributed by atoms with Gasteiger partial charge in [0, 0.05) is 49.3 Å². The Labute approximate surface area is 510 Å². The van der Waals surface area contributed by atoms with Crippen molar-refractivity contribution < 1.29 is 52.7 Å². The van der Waals surface area contributed by atoms with Crippen molar-refractivity contribution in [3.63, 3.8) is 0 Å². The first-order chi connectivity index (χ1) is 39.2. The highest BCUT2D eigenvalue weighted by Gasteiger charge is 2.45. The number of rotatable bonds is 15. The van der Waals surface area contributed by atoms with Crippen molar-refractivity contribution >= 4 is 65.0 Å². The molecule has 22 nitrogen and oxygen atoms in total. The van der Waals surface area contributed by atoms with Crippen LogP contribution in [0.15, 0.2) is 12.2 Å². The quantitative estimate of drug-likeness (QED) is 0.166. The Kier molecular flexibility index (Phi) is 31.6. The van der Waals surface area contributed by atoms with Crippen molar-refractivity contribution in [2.24, 2.45) is 47.3 Å². The van der Waals surface area contributed by atoms with Gasteiger partial charge in [-0.1, -0.05) is 116 Å². The van der Waals surface area contributed by atoms with E-state index in [0.717, 1.165) is 0 Å². The Bertz CT molecular complexity index is 2320. The maximum absolute atomic E-state index is 15.2. The van der Waals surface area contributed by atoms with Crippen LogP contribution >= 0.6 is 0 Å². The second-order valence-corrected chi connectivity index (χ2v) is 26.5. The molecule has 0 aromatic rings. The van der Waals surface area contributed by atoms with E-state index in [-0.39, 0.29) is 61.7 Å². The molecule has 1 rings (SSSR count). The summed E-state index contributed by atoms with van der Waals surface area (Å²) in [7, 11) is 10.3. The number of hydrogen-bond acceptors (Lipinski definition) is 11. The fourth-order valence-corrected chi connectivity index (χ4v) is 11.0. The molecule has 1 saturated heterocycles. The predicted molar refractivity (Wildman–Crippen MR) is 332 cm³/mol. The van der Waals surface area contributed by atoms with Gasteiger partial charge in [-0.15, -0.1) is 0 Å². The van der Waals surface area contributed by atoms with Gasteiger partial charge in [-0.25, -0.2) is 0 Å². The van der Waals surface area contributed by atoms with Gasteiger partial charge in [0.15, 0.2) is 0 Å². The number of hydrogen-bond donors (Lipinski definition) is 4. The van der Waals surface area contributed by atoms with Crippen LogP contribution in [0.2, 0.25) is 0 Å². The topological polar surface area (TPSA) is 259 Å². The SMILES string of the molecule is C/C=C/CC(C)C(C)C1C(=O)NC(CC)C(=O)N(C)CC(=O)N(C)C(CC(C)C)C(=O)NC(C(C)C)C(=O)N(C)C(CC(C)C)C(=O)NC(C)C(=O)NC(C)C(=O)N(C)C(CC(C)C)C(=O)N(C)C(CC(C)C)C(=O)N(C)C(C(C)C)C(=O)N1C. The van der Waals surface area contributed by atoms with Gasteiger partial charge in [0.25, 0.3) is 0 Å². The van der Waals surface area contributed by atoms with Crippen LogP contribution in [0.25, 0.3) is 0 Å². The number of likely N-dealkylation sites (N-methyl/N-ethyl adjacent to an activating group) is 7. The van der Waals surface area contributed by atoms with Gasteiger partial charge in [-0.3, -0.25) is 52.7 Å². The fraction of sp³-hybridized carbons (Fsp3) is 0.794. The molecular formula is C63H113N11O11. The molecular weight excluding hydrogens is 1090 g/mol. The average Bonchev–Trinajstić information content (AvgIpc) is 3.62. The highest BCUT2D eigenvalue weighted by molar-refractivity contribution is 5.99. The third-order valence-electron chi connectivity index (χ3n) is 16.6. The van der Waals surface area contributed by atoms with E-state index >= 15 is 9.59 Å². The van der Waals surface area contributed by atoms with Crippen LogP contribution in [0.3, 0.4) is 0 Å². The van der Waals surface area contributed by atoms with Gasteiger partial charge >= 0.3 is 0 Å². The molecule has 0 aromatic carbocycles. The second-order valence-electron chi connectivity index (χ2n) is 26.5. The number of nitrogens with one attached hydrogen (secondary N) is 4. The summed E-state index contributed by atoms with van der Waals surface area (Å²) in [6, 6.07) is -11.5. The molecule has 0 radical (unpaired) electrons. The summed E-state index contributed by atoms with van der Waals surface area (Å²) in [4.78, 5) is 170. The number of carbonyl (C=O) groups is 11. The molecule has 0 aliphatic carbocycles. The highest BCUT2D eigenvalue weighted by Crippen LogP contribution is 2.28. The molecule has 1 aliphatic heterocycles. The first kappa shape index (κ1) is 76.9. The maximum atomic E-state index is 15.2. The zero-order valence-corrected chi connectivity index (χ0v) is 56.6. The van der Waals surface area contributed by atoms with Gasteiger partial charge in [0.2, 0.25) is 65.0 Å². The largest absolute Gasteiger partial charge is 0.343 e. The minimum Gasteiger partial charge on any atom is -0.343 e. The Morgan fingerprint density at radius 3 is 1.29 bits per heavy atom. The lowest BCUT2D eigenvalue weighted by Gasteiger charge is -2.42. The standard InChI is InChI=1S/C63H113N11O11/c1-26-28-29-41(15)42(16)53-57(79)66-45(27-2)59(81)68(19)34-50(75)69(20)46(30-35(3)4)56(78)67-51(39(11)12)62(84)70(21)47(31-36(5)6)55(77)64-43(17)54(76)65-44(18)58(80)71(22)48(32-37(7)8)60(82)72(23)49(33-38(9)10)61(83)73(24)52(40(13)14)63(85)74(53)25/h26,28,35-49,51-53H,27,29-34H2,1-25H3,(H,64,77)(H,65,76)(H,66,79)(H,67,78)/b28-26+. The summed E-state index contributed by atoms with van der Waals surface area (Å²) < 4.78 is 0. The summed E-state index contributed by atoms with van der Waals surface area (Å²) in [6.07, 6.45) is 5.25. The van der Waals surface area contributed by atoms with Crippen molar-refractivity contribution in [3.05, 3.63) is 12.2 Å². The van der Waals surface area contributed by atoms with Gasteiger partial charge in [-0.2, -0.15) is 0 Å². The van der Waals surface area contributed by atoms with E-state index in [4.69, 9.17) is 0 Å². The van der Waals surface area contributed by atoms with Crippen LogP contribution in [0, 0.1) is 47.3 Å². The monoisotopic (exact) mass is 1200 g/mol.